The van der Waals surface area contributed by atoms with Crippen LogP contribution in [0.1, 0.15) is 62.8 Å². The van der Waals surface area contributed by atoms with Crippen LogP contribution >= 0.6 is 34.5 Å². The fraction of sp³-hybridized carbons (Fsp3) is 0.500. The minimum absolute atomic E-state index is 0.0496. The largest absolute Gasteiger partial charge is 0.418 e. The topological polar surface area (TPSA) is 118 Å². The predicted octanol–water partition coefficient (Wildman–Crippen LogP) is 5.78. The number of alkyl halides is 2. The van der Waals surface area contributed by atoms with Crippen molar-refractivity contribution in [2.45, 2.75) is 68.7 Å². The first kappa shape index (κ1) is 28.3. The van der Waals surface area contributed by atoms with Crippen LogP contribution in [0.25, 0.3) is 21.3 Å². The maximum Gasteiger partial charge on any atom is 0.276 e. The number of thiazole rings is 1. The van der Waals surface area contributed by atoms with Gasteiger partial charge in [0.1, 0.15) is 10.6 Å². The maximum atomic E-state index is 13.8. The van der Waals surface area contributed by atoms with Crippen molar-refractivity contribution >= 4 is 50.5 Å². The van der Waals surface area contributed by atoms with Crippen molar-refractivity contribution in [2.75, 3.05) is 13.1 Å². The van der Waals surface area contributed by atoms with E-state index in [1.165, 1.54) is 17.0 Å². The fourth-order valence-corrected chi connectivity index (χ4v) is 7.35. The van der Waals surface area contributed by atoms with Crippen molar-refractivity contribution in [1.82, 2.24) is 24.8 Å². The standard InChI is InChI=1S/C24H25Cl2F2N5O4S2/c1-12(2)32-39(35,36)14-5-4-13(15(25)16(14)26)18-17(21(34)33-10-8-24(27,28)9-11-33)29-20(38-18)19-30-31-22(37-19)23(3)6-7-23/h4-5,12,32H,6-11H2,1-3H3. The van der Waals surface area contributed by atoms with Crippen LogP contribution in [0, 0.1) is 0 Å². The zero-order valence-electron chi connectivity index (χ0n) is 21.2. The summed E-state index contributed by atoms with van der Waals surface area (Å²) in [6, 6.07) is 2.35. The lowest BCUT2D eigenvalue weighted by molar-refractivity contribution is -0.0494. The molecule has 1 aliphatic heterocycles. The molecule has 2 aliphatic rings. The summed E-state index contributed by atoms with van der Waals surface area (Å²) >= 11 is 14.0. The summed E-state index contributed by atoms with van der Waals surface area (Å²) in [5.74, 6) is -2.83. The second kappa shape index (κ2) is 10.0. The normalized spacial score (nSPS) is 18.5. The highest BCUT2D eigenvalue weighted by Crippen LogP contribution is 2.48. The van der Waals surface area contributed by atoms with Gasteiger partial charge in [-0.15, -0.1) is 21.5 Å². The van der Waals surface area contributed by atoms with Crippen LogP contribution in [0.4, 0.5) is 8.78 Å². The van der Waals surface area contributed by atoms with Crippen LogP contribution < -0.4 is 4.72 Å². The van der Waals surface area contributed by atoms with Gasteiger partial charge in [-0.1, -0.05) is 36.2 Å². The van der Waals surface area contributed by atoms with Crippen molar-refractivity contribution < 1.29 is 26.4 Å². The molecule has 0 bridgehead atoms. The van der Waals surface area contributed by atoms with Gasteiger partial charge in [0.15, 0.2) is 5.01 Å². The summed E-state index contributed by atoms with van der Waals surface area (Å²) in [6.45, 7) is 5.05. The zero-order valence-corrected chi connectivity index (χ0v) is 24.4. The van der Waals surface area contributed by atoms with Gasteiger partial charge < -0.3 is 9.32 Å². The highest BCUT2D eigenvalue weighted by Gasteiger charge is 2.45. The van der Waals surface area contributed by atoms with Crippen LogP contribution in [0.5, 0.6) is 0 Å². The third-order valence-corrected chi connectivity index (χ3v) is 10.5. The number of aromatic nitrogens is 3. The predicted molar refractivity (Wildman–Crippen MR) is 143 cm³/mol. The van der Waals surface area contributed by atoms with E-state index in [0.29, 0.717) is 5.89 Å². The van der Waals surface area contributed by atoms with Crippen molar-refractivity contribution in [3.63, 3.8) is 0 Å². The number of carbonyl (C=O) groups is 1. The van der Waals surface area contributed by atoms with Gasteiger partial charge in [-0.25, -0.2) is 26.9 Å². The Morgan fingerprint density at radius 3 is 2.41 bits per heavy atom. The van der Waals surface area contributed by atoms with E-state index in [-0.39, 0.29) is 66.5 Å². The number of carbonyl (C=O) groups excluding carboxylic acids is 1. The van der Waals surface area contributed by atoms with E-state index in [4.69, 9.17) is 27.6 Å². The van der Waals surface area contributed by atoms with Gasteiger partial charge in [0.2, 0.25) is 15.9 Å². The molecule has 1 saturated heterocycles. The number of nitrogens with one attached hydrogen (secondary N) is 1. The number of likely N-dealkylation sites (tertiary alicyclic amines) is 1. The molecule has 3 heterocycles. The molecule has 1 N–H and O–H groups in total. The summed E-state index contributed by atoms with van der Waals surface area (Å²) in [7, 11) is -3.97. The van der Waals surface area contributed by atoms with Gasteiger partial charge >= 0.3 is 0 Å². The van der Waals surface area contributed by atoms with E-state index in [1.807, 2.05) is 6.92 Å². The van der Waals surface area contributed by atoms with E-state index in [9.17, 15) is 22.0 Å². The average Bonchev–Trinajstić information content (AvgIpc) is 3.24. The smallest absolute Gasteiger partial charge is 0.276 e. The monoisotopic (exact) mass is 619 g/mol. The quantitative estimate of drug-likeness (QED) is 0.356. The molecule has 0 radical (unpaired) electrons. The first-order chi connectivity index (χ1) is 18.2. The van der Waals surface area contributed by atoms with E-state index in [1.54, 1.807) is 13.8 Å². The SMILES string of the molecule is CC(C)NS(=O)(=O)c1ccc(-c2sc(-c3nnc(C4(C)CC4)o3)nc2C(=O)N2CCC(F)(F)CC2)c(Cl)c1Cl. The Labute approximate surface area is 238 Å². The fourth-order valence-electron chi connectivity index (χ4n) is 4.17. The molecule has 1 saturated carbocycles. The molecule has 1 aromatic carbocycles. The molecule has 2 aromatic heterocycles. The first-order valence-corrected chi connectivity index (χ1v) is 15.3. The Bertz CT molecular complexity index is 1540. The number of hydrogen-bond donors (Lipinski definition) is 1. The third-order valence-electron chi connectivity index (χ3n) is 6.71. The van der Waals surface area contributed by atoms with Gasteiger partial charge in [0.25, 0.3) is 17.7 Å². The van der Waals surface area contributed by atoms with E-state index >= 15 is 0 Å². The minimum Gasteiger partial charge on any atom is -0.418 e. The molecule has 39 heavy (non-hydrogen) atoms. The third kappa shape index (κ3) is 5.56. The highest BCUT2D eigenvalue weighted by molar-refractivity contribution is 7.89. The number of amides is 1. The van der Waals surface area contributed by atoms with Gasteiger partial charge in [-0.2, -0.15) is 0 Å². The Morgan fingerprint density at radius 2 is 1.79 bits per heavy atom. The zero-order chi connectivity index (χ0) is 28.3. The van der Waals surface area contributed by atoms with Crippen LogP contribution in [0.2, 0.25) is 10.0 Å². The lowest BCUT2D eigenvalue weighted by atomic mass is 10.1. The molecular formula is C24H25Cl2F2N5O4S2. The van der Waals surface area contributed by atoms with E-state index in [2.05, 4.69) is 19.9 Å². The molecule has 9 nitrogen and oxygen atoms in total. The number of piperidine rings is 1. The van der Waals surface area contributed by atoms with Crippen molar-refractivity contribution in [2.24, 2.45) is 0 Å². The summed E-state index contributed by atoms with van der Waals surface area (Å²) < 4.78 is 61.4. The molecule has 2 fully saturated rings. The maximum absolute atomic E-state index is 13.8. The van der Waals surface area contributed by atoms with Gasteiger partial charge in [-0.3, -0.25) is 4.79 Å². The Kier molecular flexibility index (Phi) is 7.28. The number of benzene rings is 1. The molecule has 5 rings (SSSR count). The number of halogens is 4. The lowest BCUT2D eigenvalue weighted by Crippen LogP contribution is -2.43. The molecular weight excluding hydrogens is 595 g/mol. The molecule has 0 unspecified atom stereocenters. The molecule has 1 aliphatic carbocycles. The number of hydrogen-bond acceptors (Lipinski definition) is 8. The van der Waals surface area contributed by atoms with Crippen LogP contribution in [-0.2, 0) is 15.4 Å². The Balaban J connectivity index is 1.58. The summed E-state index contributed by atoms with van der Waals surface area (Å²) in [5.41, 5.74) is 0.0190. The lowest BCUT2D eigenvalue weighted by Gasteiger charge is -2.31. The Morgan fingerprint density at radius 1 is 1.13 bits per heavy atom. The molecule has 0 spiro atoms. The number of rotatable bonds is 7. The van der Waals surface area contributed by atoms with Crippen molar-refractivity contribution in [3.8, 4) is 21.3 Å². The first-order valence-electron chi connectivity index (χ1n) is 12.2. The van der Waals surface area contributed by atoms with E-state index < -0.39 is 34.7 Å². The van der Waals surface area contributed by atoms with Gasteiger partial charge in [0.05, 0.1) is 14.9 Å². The van der Waals surface area contributed by atoms with Crippen LogP contribution in [-0.4, -0.2) is 59.5 Å². The molecule has 15 heteroatoms. The molecule has 0 atom stereocenters. The minimum atomic E-state index is -3.97. The second-order valence-corrected chi connectivity index (χ2v) is 13.8. The van der Waals surface area contributed by atoms with Crippen LogP contribution in [0.15, 0.2) is 21.4 Å². The van der Waals surface area contributed by atoms with E-state index in [0.717, 1.165) is 24.2 Å². The van der Waals surface area contributed by atoms with Crippen molar-refractivity contribution in [1.29, 1.82) is 0 Å². The van der Waals surface area contributed by atoms with Gasteiger partial charge in [-0.05, 0) is 32.8 Å². The van der Waals surface area contributed by atoms with Crippen LogP contribution in [0.3, 0.4) is 0 Å². The second-order valence-electron chi connectivity index (χ2n) is 10.3. The summed E-state index contributed by atoms with van der Waals surface area (Å²) in [5, 5.41) is 8.15. The van der Waals surface area contributed by atoms with Gasteiger partial charge in [0, 0.05) is 43.0 Å². The highest BCUT2D eigenvalue weighted by atomic mass is 35.5. The average molecular weight is 621 g/mol. The number of nitrogens with zero attached hydrogens (tertiary/aromatic N) is 4. The summed E-state index contributed by atoms with van der Waals surface area (Å²) in [4.78, 5) is 19.4. The molecule has 210 valence electrons. The van der Waals surface area contributed by atoms with Crippen molar-refractivity contribution in [3.05, 3.63) is 33.8 Å². The number of sulfonamides is 1. The Hall–Kier alpha value is -2.19. The summed E-state index contributed by atoms with van der Waals surface area (Å²) in [6.07, 6.45) is 0.906. The molecule has 3 aromatic rings. The molecule has 1 amide bonds.